The third kappa shape index (κ3) is 2.82. The molecule has 0 aliphatic carbocycles. The summed E-state index contributed by atoms with van der Waals surface area (Å²) in [5.41, 5.74) is -6.63. The molecule has 0 spiro atoms. The van der Waals surface area contributed by atoms with Gasteiger partial charge in [-0.1, -0.05) is 0 Å². The number of ether oxygens (including phenoxy) is 1. The molecule has 0 aromatic rings. The summed E-state index contributed by atoms with van der Waals surface area (Å²) >= 11 is 0. The molecule has 1 aliphatic rings. The third-order valence-electron chi connectivity index (χ3n) is 3.19. The van der Waals surface area contributed by atoms with E-state index >= 15 is 0 Å². The highest BCUT2D eigenvalue weighted by Gasteiger charge is 2.92. The van der Waals surface area contributed by atoms with Crippen molar-refractivity contribution in [2.75, 3.05) is 6.61 Å². The summed E-state index contributed by atoms with van der Waals surface area (Å²) in [6.45, 7) is -0.915. The largest absolute Gasteiger partial charge is 0.459 e. The lowest BCUT2D eigenvalue weighted by molar-refractivity contribution is -0.462. The van der Waals surface area contributed by atoms with E-state index in [0.29, 0.717) is 0 Å². The van der Waals surface area contributed by atoms with E-state index in [1.54, 1.807) is 0 Å². The normalized spacial score (nSPS) is 21.5. The molecule has 1 rings (SSSR count). The first-order chi connectivity index (χ1) is 9.83. The Hall–Kier alpha value is -0.950. The Morgan fingerprint density at radius 3 is 1.17 bits per heavy atom. The van der Waals surface area contributed by atoms with Gasteiger partial charge in [-0.3, -0.25) is 0 Å². The van der Waals surface area contributed by atoms with Crippen LogP contribution in [0, 0.1) is 5.41 Å². The molecule has 0 bridgehead atoms. The van der Waals surface area contributed by atoms with E-state index in [1.165, 1.54) is 0 Å². The van der Waals surface area contributed by atoms with Gasteiger partial charge in [0.05, 0.1) is 12.7 Å². The minimum absolute atomic E-state index is 0.915. The standard InChI is InChI=1S/C9H5F13O/c10-5(11,6(12,13)9(20,21)22)4(7(14,15)16,8(17,18)19)1-3-2-23-3/h3H,1-2H2/t3-/m1/s1. The predicted molar refractivity (Wildman–Crippen MR) is 44.8 cm³/mol. The molecule has 0 N–H and O–H groups in total. The molecule has 0 unspecified atom stereocenters. The van der Waals surface area contributed by atoms with Crippen LogP contribution >= 0.6 is 0 Å². The van der Waals surface area contributed by atoms with Gasteiger partial charge in [0.1, 0.15) is 0 Å². The van der Waals surface area contributed by atoms with Crippen LogP contribution in [-0.2, 0) is 4.74 Å². The van der Waals surface area contributed by atoms with Gasteiger partial charge in [0.25, 0.3) is 0 Å². The molecule has 1 atom stereocenters. The molecule has 0 amide bonds. The van der Waals surface area contributed by atoms with Crippen molar-refractivity contribution >= 4 is 0 Å². The number of rotatable bonds is 4. The molecule has 0 saturated carbocycles. The fourth-order valence-electron chi connectivity index (χ4n) is 1.85. The Kier molecular flexibility index (Phi) is 4.39. The van der Waals surface area contributed by atoms with Crippen LogP contribution in [0.2, 0.25) is 0 Å². The summed E-state index contributed by atoms with van der Waals surface area (Å²) in [5, 5.41) is 0. The van der Waals surface area contributed by atoms with Crippen LogP contribution < -0.4 is 0 Å². The second-order valence-corrected chi connectivity index (χ2v) is 4.71. The number of hydrogen-bond donors (Lipinski definition) is 0. The molecule has 0 aromatic heterocycles. The topological polar surface area (TPSA) is 12.5 Å². The Bertz CT molecular complexity index is 424. The molecule has 138 valence electrons. The molecule has 1 saturated heterocycles. The Morgan fingerprint density at radius 1 is 0.609 bits per heavy atom. The van der Waals surface area contributed by atoms with Gasteiger partial charge >= 0.3 is 30.4 Å². The molecule has 0 aromatic carbocycles. The fraction of sp³-hybridized carbons (Fsp3) is 1.00. The lowest BCUT2D eigenvalue weighted by Crippen LogP contribution is -2.70. The maximum Gasteiger partial charge on any atom is 0.459 e. The fourth-order valence-corrected chi connectivity index (χ4v) is 1.85. The second kappa shape index (κ2) is 5.02. The first-order valence-electron chi connectivity index (χ1n) is 5.40. The Balaban J connectivity index is 3.67. The van der Waals surface area contributed by atoms with Gasteiger partial charge in [0.2, 0.25) is 5.41 Å². The highest BCUT2D eigenvalue weighted by molar-refractivity contribution is 5.12. The highest BCUT2D eigenvalue weighted by Crippen LogP contribution is 2.67. The molecule has 1 fully saturated rings. The summed E-state index contributed by atoms with van der Waals surface area (Å²) in [7, 11) is 0. The molecular weight excluding hydrogens is 371 g/mol. The van der Waals surface area contributed by atoms with Crippen molar-refractivity contribution in [1.82, 2.24) is 0 Å². The zero-order valence-corrected chi connectivity index (χ0v) is 10.3. The van der Waals surface area contributed by atoms with Crippen molar-refractivity contribution in [3.63, 3.8) is 0 Å². The van der Waals surface area contributed by atoms with Crippen molar-refractivity contribution in [1.29, 1.82) is 0 Å². The summed E-state index contributed by atoms with van der Waals surface area (Å²) in [4.78, 5) is 0. The van der Waals surface area contributed by atoms with Crippen molar-refractivity contribution < 1.29 is 61.8 Å². The molecule has 1 heterocycles. The monoisotopic (exact) mass is 376 g/mol. The lowest BCUT2D eigenvalue weighted by atomic mass is 9.72. The lowest BCUT2D eigenvalue weighted by Gasteiger charge is -2.45. The van der Waals surface area contributed by atoms with E-state index in [0.717, 1.165) is 0 Å². The average Bonchev–Trinajstić information content (AvgIpc) is 3.03. The van der Waals surface area contributed by atoms with Gasteiger partial charge in [0.15, 0.2) is 0 Å². The van der Waals surface area contributed by atoms with Crippen molar-refractivity contribution in [3.05, 3.63) is 0 Å². The van der Waals surface area contributed by atoms with Crippen LogP contribution in [-0.4, -0.2) is 43.1 Å². The van der Waals surface area contributed by atoms with Crippen LogP contribution in [0.3, 0.4) is 0 Å². The second-order valence-electron chi connectivity index (χ2n) is 4.71. The minimum Gasteiger partial charge on any atom is -0.373 e. The van der Waals surface area contributed by atoms with Gasteiger partial charge < -0.3 is 4.74 Å². The Morgan fingerprint density at radius 2 is 0.957 bits per heavy atom. The summed E-state index contributed by atoms with van der Waals surface area (Å²) in [6, 6.07) is 0. The van der Waals surface area contributed by atoms with Gasteiger partial charge in [0, 0.05) is 6.42 Å². The molecule has 14 heteroatoms. The highest BCUT2D eigenvalue weighted by atomic mass is 19.4. The van der Waals surface area contributed by atoms with Crippen LogP contribution in [0.5, 0.6) is 0 Å². The van der Waals surface area contributed by atoms with E-state index < -0.39 is 54.9 Å². The van der Waals surface area contributed by atoms with E-state index in [-0.39, 0.29) is 0 Å². The van der Waals surface area contributed by atoms with E-state index in [9.17, 15) is 57.1 Å². The van der Waals surface area contributed by atoms with Gasteiger partial charge in [-0.05, 0) is 0 Å². The molecule has 23 heavy (non-hydrogen) atoms. The zero-order chi connectivity index (χ0) is 18.7. The summed E-state index contributed by atoms with van der Waals surface area (Å²) < 4.78 is 169. The number of hydrogen-bond acceptors (Lipinski definition) is 1. The molecule has 0 radical (unpaired) electrons. The van der Waals surface area contributed by atoms with Crippen molar-refractivity contribution in [2.45, 2.75) is 42.9 Å². The van der Waals surface area contributed by atoms with Crippen LogP contribution in [0.15, 0.2) is 0 Å². The first kappa shape index (κ1) is 20.1. The molecule has 1 aliphatic heterocycles. The van der Waals surface area contributed by atoms with Crippen molar-refractivity contribution in [3.8, 4) is 0 Å². The maximum atomic E-state index is 13.4. The van der Waals surface area contributed by atoms with Gasteiger partial charge in [-0.25, -0.2) is 0 Å². The average molecular weight is 376 g/mol. The van der Waals surface area contributed by atoms with Crippen molar-refractivity contribution in [2.24, 2.45) is 5.41 Å². The van der Waals surface area contributed by atoms with Gasteiger partial charge in [-0.2, -0.15) is 57.1 Å². The quantitative estimate of drug-likeness (QED) is 0.511. The van der Waals surface area contributed by atoms with Crippen LogP contribution in [0.1, 0.15) is 6.42 Å². The molecule has 1 nitrogen and oxygen atoms in total. The van der Waals surface area contributed by atoms with Gasteiger partial charge in [-0.15, -0.1) is 0 Å². The third-order valence-corrected chi connectivity index (χ3v) is 3.19. The number of epoxide rings is 1. The minimum atomic E-state index is -7.58. The molecular formula is C9H5F13O. The predicted octanol–water partition coefficient (Wildman–Crippen LogP) is 4.72. The van der Waals surface area contributed by atoms with E-state index in [2.05, 4.69) is 4.74 Å². The smallest absolute Gasteiger partial charge is 0.373 e. The number of halogens is 13. The van der Waals surface area contributed by atoms with Crippen LogP contribution in [0.25, 0.3) is 0 Å². The van der Waals surface area contributed by atoms with Crippen LogP contribution in [0.4, 0.5) is 57.1 Å². The van der Waals surface area contributed by atoms with E-state index in [1.807, 2.05) is 0 Å². The Labute approximate surface area is 118 Å². The number of alkyl halides is 13. The maximum absolute atomic E-state index is 13.4. The first-order valence-corrected chi connectivity index (χ1v) is 5.40. The zero-order valence-electron chi connectivity index (χ0n) is 10.3. The van der Waals surface area contributed by atoms with E-state index in [4.69, 9.17) is 0 Å². The SMILES string of the molecule is FC(F)(F)C(F)(F)C(F)(F)C(C[C@@H]1CO1)(C(F)(F)F)C(F)(F)F. The summed E-state index contributed by atoms with van der Waals surface area (Å²) in [6.07, 6.45) is -26.7. The summed E-state index contributed by atoms with van der Waals surface area (Å²) in [5.74, 6) is -15.1.